The van der Waals surface area contributed by atoms with Crippen LogP contribution in [0, 0.1) is 27.7 Å². The molecule has 0 spiro atoms. The number of carbonyl (C=O) groups excluding carboxylic acids is 2. The number of anilines is 2. The monoisotopic (exact) mass is 377 g/mol. The van der Waals surface area contributed by atoms with Crippen LogP contribution in [0.4, 0.5) is 11.4 Å². The molecule has 0 atom stereocenters. The number of nitrogens with one attached hydrogen (secondary N) is 2. The van der Waals surface area contributed by atoms with Crippen LogP contribution in [-0.4, -0.2) is 26.8 Å². The van der Waals surface area contributed by atoms with Crippen molar-refractivity contribution in [1.82, 2.24) is 15.0 Å². The highest BCUT2D eigenvalue weighted by molar-refractivity contribution is 6.04. The number of hydrogen-bond acceptors (Lipinski definition) is 4. The third kappa shape index (κ3) is 4.25. The molecule has 2 aromatic carbocycles. The summed E-state index contributed by atoms with van der Waals surface area (Å²) in [5.41, 5.74) is 5.32. The van der Waals surface area contributed by atoms with Crippen molar-refractivity contribution >= 4 is 23.2 Å². The quantitative estimate of drug-likeness (QED) is 0.713. The lowest BCUT2D eigenvalue weighted by Gasteiger charge is -2.10. The number of aromatic nitrogens is 3. The second-order valence-corrected chi connectivity index (χ2v) is 6.80. The number of carbonyl (C=O) groups is 2. The molecule has 28 heavy (non-hydrogen) atoms. The van der Waals surface area contributed by atoms with Crippen molar-refractivity contribution in [2.75, 3.05) is 10.6 Å². The van der Waals surface area contributed by atoms with Crippen LogP contribution in [0.3, 0.4) is 0 Å². The van der Waals surface area contributed by atoms with Crippen LogP contribution in [0.2, 0.25) is 0 Å². The van der Waals surface area contributed by atoms with Gasteiger partial charge in [-0.05, 0) is 62.6 Å². The Hall–Kier alpha value is -3.48. The van der Waals surface area contributed by atoms with E-state index >= 15 is 0 Å². The Kier molecular flexibility index (Phi) is 5.54. The first kappa shape index (κ1) is 19.3. The molecule has 0 saturated heterocycles. The molecule has 0 aliphatic carbocycles. The Morgan fingerprint density at radius 2 is 1.75 bits per heavy atom. The van der Waals surface area contributed by atoms with Crippen LogP contribution >= 0.6 is 0 Å². The fourth-order valence-corrected chi connectivity index (χ4v) is 2.85. The maximum absolute atomic E-state index is 12.6. The fourth-order valence-electron chi connectivity index (χ4n) is 2.85. The molecule has 0 radical (unpaired) electrons. The Morgan fingerprint density at radius 3 is 2.50 bits per heavy atom. The first-order valence-corrected chi connectivity index (χ1v) is 8.99. The van der Waals surface area contributed by atoms with Crippen LogP contribution in [0.5, 0.6) is 0 Å². The lowest BCUT2D eigenvalue weighted by atomic mass is 10.1. The summed E-state index contributed by atoms with van der Waals surface area (Å²) in [6, 6.07) is 13.3. The molecule has 0 aliphatic heterocycles. The molecule has 7 heteroatoms. The van der Waals surface area contributed by atoms with Gasteiger partial charge in [-0.2, -0.15) is 0 Å². The lowest BCUT2D eigenvalue weighted by molar-refractivity contribution is -0.117. The molecular weight excluding hydrogens is 354 g/mol. The van der Waals surface area contributed by atoms with Crippen molar-refractivity contribution in [3.63, 3.8) is 0 Å². The van der Waals surface area contributed by atoms with E-state index in [2.05, 4.69) is 20.9 Å². The van der Waals surface area contributed by atoms with Crippen molar-refractivity contribution < 1.29 is 9.59 Å². The van der Waals surface area contributed by atoms with Crippen LogP contribution < -0.4 is 10.6 Å². The number of amides is 2. The second kappa shape index (κ2) is 8.04. The molecule has 2 N–H and O–H groups in total. The van der Waals surface area contributed by atoms with Crippen molar-refractivity contribution in [3.8, 4) is 0 Å². The van der Waals surface area contributed by atoms with E-state index in [-0.39, 0.29) is 24.1 Å². The van der Waals surface area contributed by atoms with E-state index in [9.17, 15) is 9.59 Å². The van der Waals surface area contributed by atoms with E-state index in [4.69, 9.17) is 0 Å². The average molecular weight is 377 g/mol. The van der Waals surface area contributed by atoms with Gasteiger partial charge in [0.15, 0.2) is 5.69 Å². The molecule has 2 amide bonds. The molecule has 0 saturated carbocycles. The van der Waals surface area contributed by atoms with Gasteiger partial charge in [0, 0.05) is 11.4 Å². The van der Waals surface area contributed by atoms with Gasteiger partial charge < -0.3 is 10.6 Å². The number of hydrogen-bond donors (Lipinski definition) is 2. The minimum absolute atomic E-state index is 0.0243. The summed E-state index contributed by atoms with van der Waals surface area (Å²) in [7, 11) is 0. The smallest absolute Gasteiger partial charge is 0.278 e. The molecule has 3 rings (SSSR count). The van der Waals surface area contributed by atoms with Crippen LogP contribution in [0.15, 0.2) is 42.5 Å². The van der Waals surface area contributed by atoms with Gasteiger partial charge in [-0.15, -0.1) is 5.10 Å². The van der Waals surface area contributed by atoms with Gasteiger partial charge >= 0.3 is 0 Å². The molecule has 0 bridgehead atoms. The van der Waals surface area contributed by atoms with Gasteiger partial charge in [-0.25, -0.2) is 4.68 Å². The number of aryl methyl sites for hydroxylation is 2. The zero-order chi connectivity index (χ0) is 20.3. The lowest BCUT2D eigenvalue weighted by Crippen LogP contribution is -2.21. The van der Waals surface area contributed by atoms with Crippen molar-refractivity contribution in [3.05, 3.63) is 70.5 Å². The predicted octanol–water partition coefficient (Wildman–Crippen LogP) is 3.40. The number of rotatable bonds is 5. The molecule has 0 fully saturated rings. The molecule has 0 aliphatic rings. The molecule has 1 heterocycles. The third-order valence-electron chi connectivity index (χ3n) is 4.65. The summed E-state index contributed by atoms with van der Waals surface area (Å²) in [5.74, 6) is -0.586. The molecule has 7 nitrogen and oxygen atoms in total. The predicted molar refractivity (Wildman–Crippen MR) is 108 cm³/mol. The highest BCUT2D eigenvalue weighted by atomic mass is 16.2. The van der Waals surface area contributed by atoms with Gasteiger partial charge in [0.2, 0.25) is 5.91 Å². The minimum atomic E-state index is -0.350. The molecule has 0 unspecified atom stereocenters. The average Bonchev–Trinajstić information content (AvgIpc) is 2.99. The first-order valence-electron chi connectivity index (χ1n) is 8.99. The fraction of sp³-hybridized carbons (Fsp3) is 0.238. The van der Waals surface area contributed by atoms with Gasteiger partial charge in [-0.1, -0.05) is 29.5 Å². The number of nitrogens with zero attached hydrogens (tertiary/aromatic N) is 3. The van der Waals surface area contributed by atoms with E-state index < -0.39 is 0 Å². The largest absolute Gasteiger partial charge is 0.324 e. The van der Waals surface area contributed by atoms with Gasteiger partial charge in [0.25, 0.3) is 5.91 Å². The zero-order valence-corrected chi connectivity index (χ0v) is 16.4. The first-order chi connectivity index (χ1) is 13.3. The summed E-state index contributed by atoms with van der Waals surface area (Å²) < 4.78 is 1.42. The van der Waals surface area contributed by atoms with E-state index in [1.165, 1.54) is 4.68 Å². The van der Waals surface area contributed by atoms with Crippen LogP contribution in [0.25, 0.3) is 0 Å². The summed E-state index contributed by atoms with van der Waals surface area (Å²) in [6.07, 6.45) is 0. The van der Waals surface area contributed by atoms with Crippen LogP contribution in [0.1, 0.15) is 32.9 Å². The molecule has 144 valence electrons. The van der Waals surface area contributed by atoms with Gasteiger partial charge in [0.1, 0.15) is 6.54 Å². The van der Waals surface area contributed by atoms with E-state index in [1.807, 2.05) is 63.2 Å². The maximum Gasteiger partial charge on any atom is 0.278 e. The SMILES string of the molecule is Cc1cccc(NC(=O)Cn2nnc(C(=O)Nc3cccc(C)c3C)c2C)c1. The molecule has 1 aromatic heterocycles. The second-order valence-electron chi connectivity index (χ2n) is 6.80. The summed E-state index contributed by atoms with van der Waals surface area (Å²) in [4.78, 5) is 24.9. The summed E-state index contributed by atoms with van der Waals surface area (Å²) in [6.45, 7) is 7.59. The van der Waals surface area contributed by atoms with Gasteiger partial charge in [0.05, 0.1) is 5.69 Å². The standard InChI is InChI=1S/C21H23N5O2/c1-13-7-5-9-17(11-13)22-19(27)12-26-16(4)20(24-25-26)21(28)23-18-10-6-8-14(2)15(18)3/h5-11H,12H2,1-4H3,(H,22,27)(H,23,28). The zero-order valence-electron chi connectivity index (χ0n) is 16.4. The van der Waals surface area contributed by atoms with E-state index in [0.29, 0.717) is 5.69 Å². The molecular formula is C21H23N5O2. The normalized spacial score (nSPS) is 10.6. The summed E-state index contributed by atoms with van der Waals surface area (Å²) >= 11 is 0. The van der Waals surface area contributed by atoms with Crippen molar-refractivity contribution in [2.45, 2.75) is 34.2 Å². The highest BCUT2D eigenvalue weighted by Crippen LogP contribution is 2.19. The highest BCUT2D eigenvalue weighted by Gasteiger charge is 2.19. The van der Waals surface area contributed by atoms with Gasteiger partial charge in [-0.3, -0.25) is 9.59 Å². The maximum atomic E-state index is 12.6. The summed E-state index contributed by atoms with van der Waals surface area (Å²) in [5, 5.41) is 13.6. The van der Waals surface area contributed by atoms with E-state index in [0.717, 1.165) is 28.1 Å². The van der Waals surface area contributed by atoms with Crippen molar-refractivity contribution in [1.29, 1.82) is 0 Å². The van der Waals surface area contributed by atoms with Crippen LogP contribution in [-0.2, 0) is 11.3 Å². The Balaban J connectivity index is 1.70. The van der Waals surface area contributed by atoms with Crippen molar-refractivity contribution in [2.24, 2.45) is 0 Å². The Bertz CT molecular complexity index is 1040. The Labute approximate surface area is 163 Å². The minimum Gasteiger partial charge on any atom is -0.324 e. The Morgan fingerprint density at radius 1 is 1.00 bits per heavy atom. The third-order valence-corrected chi connectivity index (χ3v) is 4.65. The molecule has 3 aromatic rings. The number of benzene rings is 2. The topological polar surface area (TPSA) is 88.9 Å². The van der Waals surface area contributed by atoms with E-state index in [1.54, 1.807) is 6.92 Å².